The maximum atomic E-state index is 13.2. The minimum Gasteiger partial charge on any atom is -0.496 e. The number of nitrogens with one attached hydrogen (secondary N) is 2. The smallest absolute Gasteiger partial charge is 0.255 e. The zero-order valence-electron chi connectivity index (χ0n) is 22.3. The summed E-state index contributed by atoms with van der Waals surface area (Å²) in [4.78, 5) is 30.1. The minimum absolute atomic E-state index is 0.125. The molecular formula is C29H36N6O2. The highest BCUT2D eigenvalue weighted by molar-refractivity contribution is 6.01. The summed E-state index contributed by atoms with van der Waals surface area (Å²) in [6.07, 6.45) is 14.7. The molecule has 1 aliphatic carbocycles. The number of amides is 1. The highest BCUT2D eigenvalue weighted by atomic mass is 16.5. The third kappa shape index (κ3) is 5.75. The summed E-state index contributed by atoms with van der Waals surface area (Å²) < 4.78 is 5.66. The average Bonchev–Trinajstić information content (AvgIpc) is 3.17. The van der Waals surface area contributed by atoms with Gasteiger partial charge in [0.25, 0.3) is 5.91 Å². The Balaban J connectivity index is 1.75. The molecule has 8 heteroatoms. The summed E-state index contributed by atoms with van der Waals surface area (Å²) in [5.41, 5.74) is 5.14. The lowest BCUT2D eigenvalue weighted by Crippen LogP contribution is -2.33. The molecule has 1 amide bonds. The summed E-state index contributed by atoms with van der Waals surface area (Å²) >= 11 is 0. The van der Waals surface area contributed by atoms with E-state index in [4.69, 9.17) is 9.72 Å². The molecule has 37 heavy (non-hydrogen) atoms. The normalized spacial score (nSPS) is 13.4. The van der Waals surface area contributed by atoms with Crippen LogP contribution in [-0.4, -0.2) is 73.1 Å². The number of fused-ring (bicyclic) bond motifs is 1. The van der Waals surface area contributed by atoms with E-state index in [0.29, 0.717) is 17.9 Å². The molecule has 194 valence electrons. The van der Waals surface area contributed by atoms with Gasteiger partial charge in [0, 0.05) is 72.4 Å². The summed E-state index contributed by atoms with van der Waals surface area (Å²) in [6, 6.07) is 4.03. The second-order valence-corrected chi connectivity index (χ2v) is 9.17. The van der Waals surface area contributed by atoms with Crippen molar-refractivity contribution in [3.8, 4) is 11.1 Å². The molecule has 3 aromatic rings. The number of hydrogen-bond acceptors (Lipinski definition) is 6. The Hall–Kier alpha value is -3.91. The highest BCUT2D eigenvalue weighted by Crippen LogP contribution is 2.34. The van der Waals surface area contributed by atoms with Gasteiger partial charge in [-0.05, 0) is 52.6 Å². The number of rotatable bonds is 10. The first-order valence-corrected chi connectivity index (χ1v) is 12.7. The quantitative estimate of drug-likeness (QED) is 0.422. The fourth-order valence-corrected chi connectivity index (χ4v) is 4.46. The minimum atomic E-state index is -0.125. The number of methoxy groups -OCH3 is 1. The van der Waals surface area contributed by atoms with Crippen LogP contribution in [0, 0.1) is 0 Å². The second-order valence-electron chi connectivity index (χ2n) is 9.17. The van der Waals surface area contributed by atoms with E-state index in [1.807, 2.05) is 55.8 Å². The molecule has 0 spiro atoms. The van der Waals surface area contributed by atoms with E-state index >= 15 is 0 Å². The van der Waals surface area contributed by atoms with Crippen LogP contribution in [-0.2, 0) is 4.74 Å². The van der Waals surface area contributed by atoms with Crippen LogP contribution in [0.1, 0.15) is 36.2 Å². The maximum absolute atomic E-state index is 13.2. The molecule has 1 aliphatic rings. The second kappa shape index (κ2) is 11.9. The van der Waals surface area contributed by atoms with E-state index in [1.165, 1.54) is 0 Å². The van der Waals surface area contributed by atoms with E-state index in [9.17, 15) is 4.79 Å². The van der Waals surface area contributed by atoms with Gasteiger partial charge in [-0.3, -0.25) is 4.79 Å². The Bertz CT molecular complexity index is 1350. The molecule has 3 aromatic heterocycles. The average molecular weight is 501 g/mol. The zero-order valence-corrected chi connectivity index (χ0v) is 22.3. The molecule has 0 aliphatic heterocycles. The number of hydrogen-bond donors (Lipinski definition) is 2. The van der Waals surface area contributed by atoms with Crippen molar-refractivity contribution in [1.82, 2.24) is 25.2 Å². The van der Waals surface area contributed by atoms with Crippen molar-refractivity contribution < 1.29 is 9.53 Å². The molecule has 0 saturated heterocycles. The number of H-pyrrole nitrogens is 1. The summed E-state index contributed by atoms with van der Waals surface area (Å²) in [5.74, 6) is 1.38. The monoisotopic (exact) mass is 500 g/mol. The molecule has 0 unspecified atom stereocenters. The van der Waals surface area contributed by atoms with Crippen molar-refractivity contribution in [3.05, 3.63) is 71.9 Å². The van der Waals surface area contributed by atoms with Crippen LogP contribution < -0.4 is 10.2 Å². The van der Waals surface area contributed by atoms with Gasteiger partial charge < -0.3 is 24.8 Å². The van der Waals surface area contributed by atoms with Gasteiger partial charge in [0.05, 0.1) is 12.7 Å². The lowest BCUT2D eigenvalue weighted by Gasteiger charge is -2.23. The van der Waals surface area contributed by atoms with Crippen LogP contribution in [0.4, 0.5) is 5.82 Å². The maximum Gasteiger partial charge on any atom is 0.255 e. The Labute approximate surface area is 218 Å². The Morgan fingerprint density at radius 3 is 2.62 bits per heavy atom. The largest absolute Gasteiger partial charge is 0.496 e. The molecular weight excluding hydrogens is 464 g/mol. The van der Waals surface area contributed by atoms with Crippen molar-refractivity contribution >= 4 is 28.3 Å². The first-order valence-electron chi connectivity index (χ1n) is 12.7. The Kier molecular flexibility index (Phi) is 8.40. The Morgan fingerprint density at radius 1 is 1.14 bits per heavy atom. The van der Waals surface area contributed by atoms with Crippen LogP contribution >= 0.6 is 0 Å². The number of aromatic amines is 1. The van der Waals surface area contributed by atoms with Gasteiger partial charge in [-0.1, -0.05) is 18.2 Å². The first kappa shape index (κ1) is 26.2. The molecule has 3 heterocycles. The molecule has 0 radical (unpaired) electrons. The van der Waals surface area contributed by atoms with E-state index in [0.717, 1.165) is 65.1 Å². The molecule has 0 aromatic carbocycles. The van der Waals surface area contributed by atoms with Gasteiger partial charge in [-0.2, -0.15) is 0 Å². The number of carbonyl (C=O) groups is 1. The summed E-state index contributed by atoms with van der Waals surface area (Å²) in [7, 11) is 5.66. The van der Waals surface area contributed by atoms with Gasteiger partial charge in [-0.15, -0.1) is 0 Å². The third-order valence-electron chi connectivity index (χ3n) is 6.50. The van der Waals surface area contributed by atoms with Gasteiger partial charge >= 0.3 is 0 Å². The number of aromatic nitrogens is 3. The molecule has 2 N–H and O–H groups in total. The van der Waals surface area contributed by atoms with Crippen LogP contribution in [0.2, 0.25) is 0 Å². The third-order valence-corrected chi connectivity index (χ3v) is 6.50. The number of carbonyl (C=O) groups excluding carboxylic acids is 1. The van der Waals surface area contributed by atoms with E-state index < -0.39 is 0 Å². The number of anilines is 1. The molecule has 0 atom stereocenters. The molecule has 0 bridgehead atoms. The number of allylic oxidation sites excluding steroid dienone is 5. The fourth-order valence-electron chi connectivity index (χ4n) is 4.46. The lowest BCUT2D eigenvalue weighted by molar-refractivity contribution is 0.0951. The predicted octanol–water partition coefficient (Wildman–Crippen LogP) is 4.64. The van der Waals surface area contributed by atoms with E-state index in [1.54, 1.807) is 7.11 Å². The van der Waals surface area contributed by atoms with Crippen molar-refractivity contribution in [3.63, 3.8) is 0 Å². The fraction of sp³-hybridized carbons (Fsp3) is 0.345. The van der Waals surface area contributed by atoms with Crippen LogP contribution in [0.25, 0.3) is 27.7 Å². The first-order chi connectivity index (χ1) is 18.0. The van der Waals surface area contributed by atoms with Gasteiger partial charge in [0.2, 0.25) is 0 Å². The lowest BCUT2D eigenvalue weighted by atomic mass is 10.0. The molecule has 0 fully saturated rings. The topological polar surface area (TPSA) is 86.4 Å². The van der Waals surface area contributed by atoms with Crippen LogP contribution in [0.3, 0.4) is 0 Å². The highest BCUT2D eigenvalue weighted by Gasteiger charge is 2.20. The van der Waals surface area contributed by atoms with Crippen molar-refractivity contribution in [2.24, 2.45) is 0 Å². The summed E-state index contributed by atoms with van der Waals surface area (Å²) in [5, 5.41) is 4.03. The van der Waals surface area contributed by atoms with E-state index in [2.05, 4.69) is 52.3 Å². The SMILES string of the molecule is CCN(CC)c1ncc(-c2cnc3[nH]cc(C4=CCC=CC=C4OC)c3c2)cc1C(=O)NCCN(C)C. The standard InChI is InChI=1S/C29H36N6O2/c1-6-35(7-2)28-24(29(36)30-13-14-34(3)4)16-21(18-33-28)20-15-23-25(19-32-27(23)31-17-20)22-11-9-8-10-12-26(22)37-5/h8,10-12,15-19H,6-7,9,13-14H2,1-5H3,(H,30,36)(H,31,32). The van der Waals surface area contributed by atoms with E-state index in [-0.39, 0.29) is 5.91 Å². The predicted molar refractivity (Wildman–Crippen MR) is 151 cm³/mol. The summed E-state index contributed by atoms with van der Waals surface area (Å²) in [6.45, 7) is 6.99. The number of likely N-dealkylation sites (N-methyl/N-ethyl adjacent to an activating group) is 1. The van der Waals surface area contributed by atoms with Crippen LogP contribution in [0.5, 0.6) is 0 Å². The molecule has 8 nitrogen and oxygen atoms in total. The Morgan fingerprint density at radius 2 is 1.89 bits per heavy atom. The van der Waals surface area contributed by atoms with Crippen molar-refractivity contribution in [2.75, 3.05) is 52.3 Å². The van der Waals surface area contributed by atoms with Gasteiger partial charge in [0.15, 0.2) is 0 Å². The van der Waals surface area contributed by atoms with Gasteiger partial charge in [0.1, 0.15) is 17.2 Å². The number of ether oxygens (including phenoxy) is 1. The van der Waals surface area contributed by atoms with Crippen molar-refractivity contribution in [2.45, 2.75) is 20.3 Å². The van der Waals surface area contributed by atoms with Crippen molar-refractivity contribution in [1.29, 1.82) is 0 Å². The van der Waals surface area contributed by atoms with Gasteiger partial charge in [-0.25, -0.2) is 9.97 Å². The number of pyridine rings is 2. The molecule has 4 rings (SSSR count). The number of nitrogens with zero attached hydrogens (tertiary/aromatic N) is 4. The van der Waals surface area contributed by atoms with Crippen LogP contribution in [0.15, 0.2) is 60.8 Å². The molecule has 0 saturated carbocycles. The zero-order chi connectivity index (χ0) is 26.4.